The summed E-state index contributed by atoms with van der Waals surface area (Å²) in [5.41, 5.74) is 1.30. The van der Waals surface area contributed by atoms with Gasteiger partial charge in [0.05, 0.1) is 22.6 Å². The Morgan fingerprint density at radius 1 is 1.12 bits per heavy atom. The Morgan fingerprint density at radius 2 is 1.81 bits per heavy atom. The van der Waals surface area contributed by atoms with Crippen molar-refractivity contribution in [2.45, 2.75) is 58.4 Å². The first-order chi connectivity index (χ1) is 15.5. The lowest BCUT2D eigenvalue weighted by Crippen LogP contribution is -2.41. The van der Waals surface area contributed by atoms with E-state index in [2.05, 4.69) is 22.9 Å². The predicted molar refractivity (Wildman–Crippen MR) is 132 cm³/mol. The molecule has 1 aromatic heterocycles. The van der Waals surface area contributed by atoms with Crippen LogP contribution in [0.15, 0.2) is 57.8 Å². The van der Waals surface area contributed by atoms with E-state index in [4.69, 9.17) is 4.98 Å². The van der Waals surface area contributed by atoms with Crippen molar-refractivity contribution in [2.24, 2.45) is 5.92 Å². The third-order valence-corrected chi connectivity index (χ3v) is 6.96. The molecule has 32 heavy (non-hydrogen) atoms. The lowest BCUT2D eigenvalue weighted by atomic mass is 9.88. The van der Waals surface area contributed by atoms with Crippen molar-refractivity contribution in [1.29, 1.82) is 0 Å². The first kappa shape index (κ1) is 22.7. The minimum atomic E-state index is -0.315. The molecule has 1 fully saturated rings. The van der Waals surface area contributed by atoms with Crippen LogP contribution in [-0.4, -0.2) is 26.9 Å². The summed E-state index contributed by atoms with van der Waals surface area (Å²) in [6.07, 6.45) is 6.21. The van der Waals surface area contributed by atoms with Gasteiger partial charge in [0, 0.05) is 16.9 Å². The second kappa shape index (κ2) is 9.99. The highest BCUT2D eigenvalue weighted by Crippen LogP contribution is 2.30. The van der Waals surface area contributed by atoms with Gasteiger partial charge in [0.25, 0.3) is 5.56 Å². The minimum absolute atomic E-state index is 0.0751. The van der Waals surface area contributed by atoms with Gasteiger partial charge in [-0.15, -0.1) is 0 Å². The number of halogens is 1. The normalized spacial score (nSPS) is 15.6. The van der Waals surface area contributed by atoms with Gasteiger partial charge in [-0.25, -0.2) is 4.98 Å². The molecule has 1 amide bonds. The third-order valence-electron chi connectivity index (χ3n) is 6.43. The number of hydrogen-bond acceptors (Lipinski definition) is 3. The molecule has 0 N–H and O–H groups in total. The maximum absolute atomic E-state index is 13.6. The van der Waals surface area contributed by atoms with Crippen LogP contribution in [0.25, 0.3) is 16.6 Å². The molecule has 0 saturated heterocycles. The summed E-state index contributed by atoms with van der Waals surface area (Å²) >= 11 is 3.47. The Balaban J connectivity index is 1.85. The summed E-state index contributed by atoms with van der Waals surface area (Å²) in [4.78, 5) is 34.0. The van der Waals surface area contributed by atoms with E-state index < -0.39 is 0 Å². The number of carbonyl (C=O) groups excluding carboxylic acids is 1. The molecule has 2 aromatic carbocycles. The zero-order valence-corrected chi connectivity index (χ0v) is 20.3. The van der Waals surface area contributed by atoms with Gasteiger partial charge in [0.1, 0.15) is 5.82 Å². The Morgan fingerprint density at radius 3 is 2.50 bits per heavy atom. The summed E-state index contributed by atoms with van der Waals surface area (Å²) < 4.78 is 2.62. The van der Waals surface area contributed by atoms with E-state index in [1.54, 1.807) is 4.57 Å². The smallest absolute Gasteiger partial charge is 0.266 e. The minimum Gasteiger partial charge on any atom is -0.333 e. The van der Waals surface area contributed by atoms with Crippen LogP contribution in [0, 0.1) is 5.92 Å². The summed E-state index contributed by atoms with van der Waals surface area (Å²) in [6.45, 7) is 4.74. The van der Waals surface area contributed by atoms with Gasteiger partial charge < -0.3 is 4.90 Å². The summed E-state index contributed by atoms with van der Waals surface area (Å²) in [6, 6.07) is 14.8. The number of fused-ring (bicyclic) bond motifs is 1. The maximum atomic E-state index is 13.6. The van der Waals surface area contributed by atoms with Crippen LogP contribution in [0.5, 0.6) is 0 Å². The SMILES string of the molecule is CCCN(C(=O)C1CCCCC1)C(C)c1nc2ccccc2c(=O)n1-c1ccc(Br)cc1. The Hall–Kier alpha value is -2.47. The molecule has 168 valence electrons. The molecule has 1 aliphatic carbocycles. The molecule has 1 atom stereocenters. The number of amides is 1. The van der Waals surface area contributed by atoms with Crippen molar-refractivity contribution < 1.29 is 4.79 Å². The summed E-state index contributed by atoms with van der Waals surface area (Å²) in [5, 5.41) is 0.576. The van der Waals surface area contributed by atoms with Crippen LogP contribution in [0.1, 0.15) is 64.2 Å². The summed E-state index contributed by atoms with van der Waals surface area (Å²) in [5.74, 6) is 0.878. The molecule has 6 heteroatoms. The van der Waals surface area contributed by atoms with Gasteiger partial charge >= 0.3 is 0 Å². The van der Waals surface area contributed by atoms with Gasteiger partial charge in [-0.2, -0.15) is 0 Å². The zero-order valence-electron chi connectivity index (χ0n) is 18.8. The van der Waals surface area contributed by atoms with Gasteiger partial charge in [-0.1, -0.05) is 54.2 Å². The summed E-state index contributed by atoms with van der Waals surface area (Å²) in [7, 11) is 0. The molecule has 5 nitrogen and oxygen atoms in total. The molecule has 0 spiro atoms. The number of benzene rings is 2. The van der Waals surface area contributed by atoms with E-state index >= 15 is 0 Å². The molecular weight excluding hydrogens is 466 g/mol. The first-order valence-corrected chi connectivity index (χ1v) is 12.4. The van der Waals surface area contributed by atoms with Gasteiger partial charge in [0.15, 0.2) is 0 Å². The highest BCUT2D eigenvalue weighted by molar-refractivity contribution is 9.10. The van der Waals surface area contributed by atoms with Crippen molar-refractivity contribution >= 4 is 32.7 Å². The second-order valence-corrected chi connectivity index (χ2v) is 9.56. The fourth-order valence-electron chi connectivity index (χ4n) is 4.73. The van der Waals surface area contributed by atoms with Crippen LogP contribution in [-0.2, 0) is 4.79 Å². The highest BCUT2D eigenvalue weighted by atomic mass is 79.9. The van der Waals surface area contributed by atoms with E-state index in [1.165, 1.54) is 6.42 Å². The van der Waals surface area contributed by atoms with Crippen LogP contribution < -0.4 is 5.56 Å². The van der Waals surface area contributed by atoms with Crippen molar-refractivity contribution in [1.82, 2.24) is 14.5 Å². The van der Waals surface area contributed by atoms with E-state index in [0.717, 1.165) is 42.3 Å². The number of aromatic nitrogens is 2. The average Bonchev–Trinajstić information content (AvgIpc) is 2.83. The van der Waals surface area contributed by atoms with Crippen molar-refractivity contribution in [2.75, 3.05) is 6.54 Å². The largest absolute Gasteiger partial charge is 0.333 e. The Bertz CT molecular complexity index is 1150. The second-order valence-electron chi connectivity index (χ2n) is 8.65. The van der Waals surface area contributed by atoms with Gasteiger partial charge in [-0.3, -0.25) is 14.2 Å². The zero-order chi connectivity index (χ0) is 22.7. The van der Waals surface area contributed by atoms with Crippen molar-refractivity contribution in [3.8, 4) is 5.69 Å². The molecule has 0 aliphatic heterocycles. The van der Waals surface area contributed by atoms with Gasteiger partial charge in [-0.05, 0) is 62.6 Å². The molecule has 0 bridgehead atoms. The fourth-order valence-corrected chi connectivity index (χ4v) is 4.99. The Kier molecular flexibility index (Phi) is 7.09. The van der Waals surface area contributed by atoms with Crippen LogP contribution >= 0.6 is 15.9 Å². The van der Waals surface area contributed by atoms with Crippen molar-refractivity contribution in [3.05, 3.63) is 69.2 Å². The maximum Gasteiger partial charge on any atom is 0.266 e. The molecule has 1 saturated carbocycles. The predicted octanol–water partition coefficient (Wildman–Crippen LogP) is 6.03. The molecule has 1 aliphatic rings. The van der Waals surface area contributed by atoms with Gasteiger partial charge in [0.2, 0.25) is 5.91 Å². The molecule has 1 unspecified atom stereocenters. The third kappa shape index (κ3) is 4.51. The fraction of sp³-hybridized carbons (Fsp3) is 0.423. The molecular formula is C26H30BrN3O2. The lowest BCUT2D eigenvalue weighted by Gasteiger charge is -2.34. The number of hydrogen-bond donors (Lipinski definition) is 0. The van der Waals surface area contributed by atoms with Crippen LogP contribution in [0.4, 0.5) is 0 Å². The van der Waals surface area contributed by atoms with E-state index in [1.807, 2.05) is 60.4 Å². The topological polar surface area (TPSA) is 55.2 Å². The molecule has 4 rings (SSSR count). The van der Waals surface area contributed by atoms with E-state index in [-0.39, 0.29) is 23.4 Å². The Labute approximate surface area is 197 Å². The van der Waals surface area contributed by atoms with Crippen LogP contribution in [0.2, 0.25) is 0 Å². The van der Waals surface area contributed by atoms with Crippen LogP contribution in [0.3, 0.4) is 0 Å². The molecule has 3 aromatic rings. The number of carbonyl (C=O) groups is 1. The first-order valence-electron chi connectivity index (χ1n) is 11.6. The average molecular weight is 496 g/mol. The highest BCUT2D eigenvalue weighted by Gasteiger charge is 2.31. The standard InChI is InChI=1S/C26H30BrN3O2/c1-3-17-29(25(31)19-9-5-4-6-10-19)18(2)24-28-23-12-8-7-11-22(23)26(32)30(24)21-15-13-20(27)14-16-21/h7-8,11-16,18-19H,3-6,9-10,17H2,1-2H3. The lowest BCUT2D eigenvalue weighted by molar-refractivity contribution is -0.139. The van der Waals surface area contributed by atoms with E-state index in [0.29, 0.717) is 23.3 Å². The molecule has 0 radical (unpaired) electrons. The van der Waals surface area contributed by atoms with Crippen molar-refractivity contribution in [3.63, 3.8) is 0 Å². The number of nitrogens with zero attached hydrogens (tertiary/aromatic N) is 3. The van der Waals surface area contributed by atoms with E-state index in [9.17, 15) is 9.59 Å². The number of para-hydroxylation sites is 1. The molecule has 1 heterocycles. The quantitative estimate of drug-likeness (QED) is 0.419. The monoisotopic (exact) mass is 495 g/mol. The number of rotatable bonds is 6.